The van der Waals surface area contributed by atoms with E-state index >= 15 is 0 Å². The van der Waals surface area contributed by atoms with Crippen molar-refractivity contribution in [2.45, 2.75) is 20.3 Å². The molecule has 0 unspecified atom stereocenters. The Balaban J connectivity index is 1.86. The van der Waals surface area contributed by atoms with E-state index in [9.17, 15) is 4.79 Å². The Labute approximate surface area is 126 Å². The van der Waals surface area contributed by atoms with Crippen LogP contribution in [0.15, 0.2) is 30.6 Å². The molecule has 0 aliphatic carbocycles. The lowest BCUT2D eigenvalue weighted by Gasteiger charge is -2.15. The van der Waals surface area contributed by atoms with E-state index in [1.807, 2.05) is 17.3 Å². The van der Waals surface area contributed by atoms with Crippen molar-refractivity contribution in [3.8, 4) is 11.3 Å². The number of amides is 1. The lowest BCUT2D eigenvalue weighted by Crippen LogP contribution is -2.25. The summed E-state index contributed by atoms with van der Waals surface area (Å²) in [5.74, 6) is 0.116. The topological polar surface area (TPSA) is 37.6 Å². The predicted molar refractivity (Wildman–Crippen MR) is 85.0 cm³/mol. The number of nitrogens with zero attached hydrogens (tertiary/aromatic N) is 3. The van der Waals surface area contributed by atoms with Crippen molar-refractivity contribution < 1.29 is 4.79 Å². The van der Waals surface area contributed by atoms with Crippen LogP contribution in [-0.4, -0.2) is 21.8 Å². The molecule has 2 aromatic heterocycles. The summed E-state index contributed by atoms with van der Waals surface area (Å²) in [4.78, 5) is 20.1. The molecule has 5 heteroatoms. The smallest absolute Gasteiger partial charge is 0.223 e. The zero-order valence-electron chi connectivity index (χ0n) is 12.0. The Morgan fingerprint density at radius 2 is 2.24 bits per heavy atom. The van der Waals surface area contributed by atoms with Crippen molar-refractivity contribution in [2.24, 2.45) is 0 Å². The van der Waals surface area contributed by atoms with Gasteiger partial charge in [-0.1, -0.05) is 6.07 Å². The van der Waals surface area contributed by atoms with Gasteiger partial charge in [0.15, 0.2) is 4.96 Å². The van der Waals surface area contributed by atoms with Crippen molar-refractivity contribution in [3.63, 3.8) is 0 Å². The van der Waals surface area contributed by atoms with Crippen molar-refractivity contribution in [1.82, 2.24) is 9.38 Å². The van der Waals surface area contributed by atoms with Gasteiger partial charge in [0.05, 0.1) is 5.69 Å². The Bertz CT molecular complexity index is 862. The van der Waals surface area contributed by atoms with Gasteiger partial charge < -0.3 is 4.90 Å². The van der Waals surface area contributed by atoms with Crippen LogP contribution in [-0.2, 0) is 11.2 Å². The number of hydrogen-bond acceptors (Lipinski definition) is 3. The third-order valence-electron chi connectivity index (χ3n) is 4.05. The van der Waals surface area contributed by atoms with Crippen LogP contribution in [0.5, 0.6) is 0 Å². The second-order valence-corrected chi connectivity index (χ2v) is 6.53. The van der Waals surface area contributed by atoms with Gasteiger partial charge in [-0.15, -0.1) is 11.3 Å². The van der Waals surface area contributed by atoms with Crippen LogP contribution >= 0.6 is 11.3 Å². The SMILES string of the molecule is CC(=O)N1CCc2cc(-c3c(C)sc4nccn34)ccc21. The number of imidazole rings is 1. The number of anilines is 1. The number of thiazole rings is 1. The summed E-state index contributed by atoms with van der Waals surface area (Å²) in [6.45, 7) is 4.54. The fourth-order valence-corrected chi connectivity index (χ4v) is 4.06. The van der Waals surface area contributed by atoms with E-state index in [4.69, 9.17) is 0 Å². The van der Waals surface area contributed by atoms with Gasteiger partial charge in [-0.3, -0.25) is 9.20 Å². The molecular formula is C16H15N3OS. The van der Waals surface area contributed by atoms with E-state index in [1.165, 1.54) is 21.7 Å². The number of rotatable bonds is 1. The van der Waals surface area contributed by atoms with Crippen molar-refractivity contribution >= 4 is 27.9 Å². The molecular weight excluding hydrogens is 282 g/mol. The Hall–Kier alpha value is -2.14. The highest BCUT2D eigenvalue weighted by Crippen LogP contribution is 2.35. The molecule has 21 heavy (non-hydrogen) atoms. The molecule has 1 aliphatic heterocycles. The van der Waals surface area contributed by atoms with Crippen LogP contribution in [0.2, 0.25) is 0 Å². The average Bonchev–Trinajstić information content (AvgIpc) is 3.10. The minimum atomic E-state index is 0.116. The Morgan fingerprint density at radius 1 is 1.38 bits per heavy atom. The lowest BCUT2D eigenvalue weighted by molar-refractivity contribution is -0.116. The average molecular weight is 297 g/mol. The summed E-state index contributed by atoms with van der Waals surface area (Å²) in [5, 5.41) is 0. The summed E-state index contributed by atoms with van der Waals surface area (Å²) < 4.78 is 2.14. The van der Waals surface area contributed by atoms with E-state index in [0.29, 0.717) is 0 Å². The first kappa shape index (κ1) is 12.6. The zero-order valence-corrected chi connectivity index (χ0v) is 12.8. The quantitative estimate of drug-likeness (QED) is 0.691. The van der Waals surface area contributed by atoms with Crippen LogP contribution in [0.3, 0.4) is 0 Å². The summed E-state index contributed by atoms with van der Waals surface area (Å²) >= 11 is 1.71. The molecule has 0 saturated heterocycles. The molecule has 4 rings (SSSR count). The van der Waals surface area contributed by atoms with Gasteiger partial charge in [0.25, 0.3) is 0 Å². The Kier molecular flexibility index (Phi) is 2.65. The molecule has 3 heterocycles. The van der Waals surface area contributed by atoms with Gasteiger partial charge in [-0.2, -0.15) is 0 Å². The first-order chi connectivity index (χ1) is 10.1. The molecule has 0 spiro atoms. The van der Waals surface area contributed by atoms with Gasteiger partial charge in [-0.05, 0) is 31.0 Å². The molecule has 0 atom stereocenters. The first-order valence-electron chi connectivity index (χ1n) is 6.99. The summed E-state index contributed by atoms with van der Waals surface area (Å²) in [7, 11) is 0. The first-order valence-corrected chi connectivity index (χ1v) is 7.80. The molecule has 1 aromatic carbocycles. The van der Waals surface area contributed by atoms with E-state index in [0.717, 1.165) is 23.6 Å². The third kappa shape index (κ3) is 1.81. The Morgan fingerprint density at radius 3 is 3.05 bits per heavy atom. The van der Waals surface area contributed by atoms with Crippen LogP contribution in [0.1, 0.15) is 17.4 Å². The third-order valence-corrected chi connectivity index (χ3v) is 5.04. The normalized spacial score (nSPS) is 13.9. The number of aromatic nitrogens is 2. The largest absolute Gasteiger partial charge is 0.312 e. The number of benzene rings is 1. The molecule has 0 saturated carbocycles. The molecule has 3 aromatic rings. The fourth-order valence-electron chi connectivity index (χ4n) is 3.11. The number of aryl methyl sites for hydroxylation is 1. The maximum absolute atomic E-state index is 11.6. The standard InChI is InChI=1S/C16H15N3OS/c1-10-15(19-8-6-17-16(19)21-10)13-3-4-14-12(9-13)5-7-18(14)11(2)20/h3-4,6,8-9H,5,7H2,1-2H3. The van der Waals surface area contributed by atoms with Gasteiger partial charge in [-0.25, -0.2) is 4.98 Å². The molecule has 106 valence electrons. The maximum Gasteiger partial charge on any atom is 0.223 e. The molecule has 4 nitrogen and oxygen atoms in total. The molecule has 0 radical (unpaired) electrons. The van der Waals surface area contributed by atoms with Crippen LogP contribution < -0.4 is 4.90 Å². The van der Waals surface area contributed by atoms with E-state index in [1.54, 1.807) is 18.3 Å². The molecule has 0 bridgehead atoms. The summed E-state index contributed by atoms with van der Waals surface area (Å²) in [6, 6.07) is 6.39. The van der Waals surface area contributed by atoms with Crippen molar-refractivity contribution in [3.05, 3.63) is 41.0 Å². The maximum atomic E-state index is 11.6. The minimum absolute atomic E-state index is 0.116. The number of carbonyl (C=O) groups is 1. The van der Waals surface area contributed by atoms with Crippen LogP contribution in [0, 0.1) is 6.92 Å². The molecule has 0 N–H and O–H groups in total. The number of carbonyl (C=O) groups excluding carboxylic acids is 1. The summed E-state index contributed by atoms with van der Waals surface area (Å²) in [5.41, 5.74) is 4.71. The van der Waals surface area contributed by atoms with Crippen LogP contribution in [0.4, 0.5) is 5.69 Å². The molecule has 0 fully saturated rings. The van der Waals surface area contributed by atoms with Gasteiger partial charge in [0, 0.05) is 42.0 Å². The van der Waals surface area contributed by atoms with Crippen molar-refractivity contribution in [1.29, 1.82) is 0 Å². The predicted octanol–water partition coefficient (Wildman–Crippen LogP) is 3.28. The highest BCUT2D eigenvalue weighted by atomic mass is 32.1. The van der Waals surface area contributed by atoms with Gasteiger partial charge in [0.1, 0.15) is 0 Å². The van der Waals surface area contributed by atoms with Gasteiger partial charge >= 0.3 is 0 Å². The highest BCUT2D eigenvalue weighted by molar-refractivity contribution is 7.17. The second kappa shape index (κ2) is 4.43. The number of hydrogen-bond donors (Lipinski definition) is 0. The lowest BCUT2D eigenvalue weighted by atomic mass is 10.1. The number of fused-ring (bicyclic) bond motifs is 2. The summed E-state index contributed by atoms with van der Waals surface area (Å²) in [6.07, 6.45) is 4.77. The minimum Gasteiger partial charge on any atom is -0.312 e. The zero-order chi connectivity index (χ0) is 14.6. The molecule has 1 aliphatic rings. The van der Waals surface area contributed by atoms with Gasteiger partial charge in [0.2, 0.25) is 5.91 Å². The van der Waals surface area contributed by atoms with Crippen molar-refractivity contribution in [2.75, 3.05) is 11.4 Å². The molecule has 1 amide bonds. The van der Waals surface area contributed by atoms with E-state index < -0.39 is 0 Å². The van der Waals surface area contributed by atoms with E-state index in [2.05, 4.69) is 34.5 Å². The second-order valence-electron chi connectivity index (χ2n) is 5.35. The van der Waals surface area contributed by atoms with Crippen LogP contribution in [0.25, 0.3) is 16.2 Å². The monoisotopic (exact) mass is 297 g/mol. The fraction of sp³-hybridized carbons (Fsp3) is 0.250. The highest BCUT2D eigenvalue weighted by Gasteiger charge is 2.23. The van der Waals surface area contributed by atoms with E-state index in [-0.39, 0.29) is 5.91 Å².